The summed E-state index contributed by atoms with van der Waals surface area (Å²) in [6.45, 7) is 7.21. The molecule has 0 aliphatic carbocycles. The average molecular weight is 518 g/mol. The first-order valence-electron chi connectivity index (χ1n) is 12.1. The molecule has 4 nitrogen and oxygen atoms in total. The SMILES string of the molecule is C=C1CCCN(Cc2ccc(C(F)(F)F)cc2)/C(=C(/C=C\C)OCc2ccc(CCC(=O)O)c(F)c2)C1. The van der Waals surface area contributed by atoms with Gasteiger partial charge in [0.15, 0.2) is 0 Å². The van der Waals surface area contributed by atoms with Gasteiger partial charge in [-0.2, -0.15) is 13.2 Å². The number of alkyl halides is 3. The highest BCUT2D eigenvalue weighted by atomic mass is 19.4. The number of rotatable bonds is 9. The second kappa shape index (κ2) is 12.6. The summed E-state index contributed by atoms with van der Waals surface area (Å²) in [5, 5.41) is 8.83. The van der Waals surface area contributed by atoms with Crippen LogP contribution in [0.15, 0.2) is 78.2 Å². The van der Waals surface area contributed by atoms with Crippen LogP contribution < -0.4 is 0 Å². The molecule has 198 valence electrons. The highest BCUT2D eigenvalue weighted by Crippen LogP contribution is 2.31. The average Bonchev–Trinajstić information content (AvgIpc) is 3.01. The molecule has 1 heterocycles. The number of carbonyl (C=O) groups is 1. The molecule has 0 bridgehead atoms. The molecule has 2 aromatic rings. The van der Waals surface area contributed by atoms with Crippen molar-refractivity contribution in [1.82, 2.24) is 4.90 Å². The highest BCUT2D eigenvalue weighted by molar-refractivity contribution is 5.67. The molecule has 0 aromatic heterocycles. The van der Waals surface area contributed by atoms with E-state index >= 15 is 0 Å². The van der Waals surface area contributed by atoms with Crippen molar-refractivity contribution in [2.24, 2.45) is 0 Å². The first-order chi connectivity index (χ1) is 17.6. The van der Waals surface area contributed by atoms with Gasteiger partial charge in [-0.1, -0.05) is 42.5 Å². The lowest BCUT2D eigenvalue weighted by Gasteiger charge is -2.28. The molecular weight excluding hydrogens is 486 g/mol. The fourth-order valence-corrected chi connectivity index (χ4v) is 4.19. The molecule has 0 unspecified atom stereocenters. The van der Waals surface area contributed by atoms with E-state index < -0.39 is 23.5 Å². The minimum absolute atomic E-state index is 0.0971. The van der Waals surface area contributed by atoms with Crippen LogP contribution in [0.25, 0.3) is 0 Å². The molecule has 0 radical (unpaired) electrons. The molecule has 0 amide bonds. The Bertz CT molecular complexity index is 1170. The second-order valence-corrected chi connectivity index (χ2v) is 9.07. The van der Waals surface area contributed by atoms with E-state index in [0.717, 1.165) is 41.8 Å². The Morgan fingerprint density at radius 1 is 1.16 bits per heavy atom. The van der Waals surface area contributed by atoms with Crippen molar-refractivity contribution in [3.63, 3.8) is 0 Å². The Morgan fingerprint density at radius 3 is 2.49 bits per heavy atom. The largest absolute Gasteiger partial charge is 0.487 e. The van der Waals surface area contributed by atoms with Crippen LogP contribution in [-0.2, 0) is 35.3 Å². The van der Waals surface area contributed by atoms with Gasteiger partial charge in [0.1, 0.15) is 18.2 Å². The lowest BCUT2D eigenvalue weighted by Crippen LogP contribution is -2.24. The topological polar surface area (TPSA) is 49.8 Å². The second-order valence-electron chi connectivity index (χ2n) is 9.07. The molecule has 1 saturated heterocycles. The molecule has 3 rings (SSSR count). The summed E-state index contributed by atoms with van der Waals surface area (Å²) in [6, 6.07) is 9.80. The van der Waals surface area contributed by atoms with Gasteiger partial charge in [0, 0.05) is 25.9 Å². The van der Waals surface area contributed by atoms with Gasteiger partial charge in [-0.15, -0.1) is 0 Å². The molecular formula is C29H31F4NO3. The van der Waals surface area contributed by atoms with Crippen LogP contribution in [0.1, 0.15) is 54.9 Å². The molecule has 8 heteroatoms. The predicted octanol–water partition coefficient (Wildman–Crippen LogP) is 7.41. The first kappa shape index (κ1) is 28.0. The number of carboxylic acid groups (broad SMARTS) is 1. The molecule has 1 N–H and O–H groups in total. The summed E-state index contributed by atoms with van der Waals surface area (Å²) < 4.78 is 59.5. The van der Waals surface area contributed by atoms with E-state index in [-0.39, 0.29) is 19.4 Å². The summed E-state index contributed by atoms with van der Waals surface area (Å²) in [6.07, 6.45) is 1.48. The number of benzene rings is 2. The molecule has 1 aliphatic rings. The van der Waals surface area contributed by atoms with Crippen molar-refractivity contribution in [2.75, 3.05) is 6.54 Å². The maximum absolute atomic E-state index is 14.5. The number of aryl methyl sites for hydroxylation is 1. The van der Waals surface area contributed by atoms with Gasteiger partial charge in [0.2, 0.25) is 0 Å². The van der Waals surface area contributed by atoms with Crippen molar-refractivity contribution in [3.05, 3.63) is 106 Å². The zero-order chi connectivity index (χ0) is 27.0. The highest BCUT2D eigenvalue weighted by Gasteiger charge is 2.30. The van der Waals surface area contributed by atoms with Gasteiger partial charge in [0.05, 0.1) is 11.3 Å². The van der Waals surface area contributed by atoms with E-state index in [2.05, 4.69) is 11.5 Å². The Morgan fingerprint density at radius 2 is 1.86 bits per heavy atom. The lowest BCUT2D eigenvalue weighted by atomic mass is 10.1. The molecule has 2 aromatic carbocycles. The third-order valence-electron chi connectivity index (χ3n) is 6.13. The third kappa shape index (κ3) is 8.23. The van der Waals surface area contributed by atoms with Crippen LogP contribution >= 0.6 is 0 Å². The lowest BCUT2D eigenvalue weighted by molar-refractivity contribution is -0.138. The number of allylic oxidation sites excluding steroid dienone is 3. The monoisotopic (exact) mass is 517 g/mol. The Kier molecular flexibility index (Phi) is 9.55. The van der Waals surface area contributed by atoms with E-state index in [1.165, 1.54) is 18.2 Å². The van der Waals surface area contributed by atoms with E-state index in [1.54, 1.807) is 12.1 Å². The number of nitrogens with zero attached hydrogens (tertiary/aromatic N) is 1. The number of halogens is 4. The smallest absolute Gasteiger partial charge is 0.416 e. The van der Waals surface area contributed by atoms with Crippen molar-refractivity contribution in [3.8, 4) is 0 Å². The molecule has 1 fully saturated rings. The van der Waals surface area contributed by atoms with E-state index in [9.17, 15) is 22.4 Å². The fraction of sp³-hybridized carbons (Fsp3) is 0.345. The van der Waals surface area contributed by atoms with Gasteiger partial charge in [-0.3, -0.25) is 4.79 Å². The van der Waals surface area contributed by atoms with E-state index in [0.29, 0.717) is 36.4 Å². The van der Waals surface area contributed by atoms with Crippen molar-refractivity contribution >= 4 is 5.97 Å². The zero-order valence-corrected chi connectivity index (χ0v) is 20.8. The Hall–Kier alpha value is -3.55. The minimum Gasteiger partial charge on any atom is -0.487 e. The zero-order valence-electron chi connectivity index (χ0n) is 20.8. The summed E-state index contributed by atoms with van der Waals surface area (Å²) in [4.78, 5) is 12.9. The van der Waals surface area contributed by atoms with Gasteiger partial charge in [-0.25, -0.2) is 4.39 Å². The van der Waals surface area contributed by atoms with Crippen LogP contribution in [0.4, 0.5) is 17.6 Å². The minimum atomic E-state index is -4.38. The van der Waals surface area contributed by atoms with Crippen molar-refractivity contribution in [1.29, 1.82) is 0 Å². The van der Waals surface area contributed by atoms with E-state index in [1.807, 2.05) is 19.1 Å². The van der Waals surface area contributed by atoms with Crippen molar-refractivity contribution < 1.29 is 32.2 Å². The summed E-state index contributed by atoms with van der Waals surface area (Å²) >= 11 is 0. The van der Waals surface area contributed by atoms with Gasteiger partial charge < -0.3 is 14.7 Å². The van der Waals surface area contributed by atoms with Crippen molar-refractivity contribution in [2.45, 2.75) is 58.4 Å². The molecule has 1 aliphatic heterocycles. The Labute approximate surface area is 214 Å². The quantitative estimate of drug-likeness (QED) is 0.214. The molecule has 0 atom stereocenters. The first-order valence-corrected chi connectivity index (χ1v) is 12.1. The van der Waals surface area contributed by atoms with Crippen LogP contribution in [-0.4, -0.2) is 22.5 Å². The summed E-state index contributed by atoms with van der Waals surface area (Å²) in [5.74, 6) is -0.873. The number of carboxylic acids is 1. The van der Waals surface area contributed by atoms with Gasteiger partial charge >= 0.3 is 12.1 Å². The molecule has 0 spiro atoms. The number of likely N-dealkylation sites (tertiary alicyclic amines) is 1. The fourth-order valence-electron chi connectivity index (χ4n) is 4.19. The van der Waals surface area contributed by atoms with E-state index in [4.69, 9.17) is 9.84 Å². The maximum Gasteiger partial charge on any atom is 0.416 e. The Balaban J connectivity index is 1.83. The predicted molar refractivity (Wildman–Crippen MR) is 134 cm³/mol. The molecule has 0 saturated carbocycles. The summed E-state index contributed by atoms with van der Waals surface area (Å²) in [5.41, 5.74) is 2.90. The van der Waals surface area contributed by atoms with Crippen LogP contribution in [0.5, 0.6) is 0 Å². The van der Waals surface area contributed by atoms with Crippen LogP contribution in [0.2, 0.25) is 0 Å². The standard InChI is InChI=1S/C29H31F4NO3/c1-3-5-27(37-19-22-7-10-23(25(30)17-22)11-14-28(35)36)26-16-20(2)6-4-15-34(26)18-21-8-12-24(13-9-21)29(31,32)33/h3,5,7-10,12-13,17H,2,4,6,11,14-16,18-19H2,1H3,(H,35,36)/b5-3-,27-26-. The van der Waals surface area contributed by atoms with Crippen LogP contribution in [0.3, 0.4) is 0 Å². The number of hydrogen-bond donors (Lipinski definition) is 1. The maximum atomic E-state index is 14.5. The van der Waals surface area contributed by atoms with Gasteiger partial charge in [0.25, 0.3) is 0 Å². The number of aliphatic carboxylic acids is 1. The van der Waals surface area contributed by atoms with Gasteiger partial charge in [-0.05, 0) is 67.2 Å². The third-order valence-corrected chi connectivity index (χ3v) is 6.13. The summed E-state index contributed by atoms with van der Waals surface area (Å²) in [7, 11) is 0. The molecule has 37 heavy (non-hydrogen) atoms. The normalized spacial score (nSPS) is 16.1. The van der Waals surface area contributed by atoms with Crippen LogP contribution in [0, 0.1) is 5.82 Å². The number of ether oxygens (including phenoxy) is 1. The number of hydrogen-bond acceptors (Lipinski definition) is 3.